The maximum absolute atomic E-state index is 13.1. The number of piperidine rings is 1. The van der Waals surface area contributed by atoms with Gasteiger partial charge in [-0.25, -0.2) is 0 Å². The largest absolute Gasteiger partial charge is 0.481 e. The Bertz CT molecular complexity index is 637. The predicted molar refractivity (Wildman–Crippen MR) is 91.8 cm³/mol. The molecule has 2 aliphatic heterocycles. The molecule has 2 aliphatic rings. The summed E-state index contributed by atoms with van der Waals surface area (Å²) >= 11 is 0. The minimum Gasteiger partial charge on any atom is -0.481 e. The minimum absolute atomic E-state index is 0.117. The van der Waals surface area contributed by atoms with Gasteiger partial charge in [0, 0.05) is 24.4 Å². The standard InChI is InChI=1S/C19H26N2O3/c1-13-5-3-4-6-14(13)15-11-21(12-16(15)17(22)23)18(24)19(2)7-9-20-10-8-19/h3-6,15-16,20H,7-12H2,1-2H3,(H,22,23). The van der Waals surface area contributed by atoms with Gasteiger partial charge < -0.3 is 15.3 Å². The molecule has 2 fully saturated rings. The monoisotopic (exact) mass is 330 g/mol. The molecule has 2 atom stereocenters. The summed E-state index contributed by atoms with van der Waals surface area (Å²) in [5, 5.41) is 13.0. The van der Waals surface area contributed by atoms with Crippen LogP contribution in [-0.2, 0) is 9.59 Å². The first-order valence-corrected chi connectivity index (χ1v) is 8.71. The molecule has 2 heterocycles. The molecule has 2 saturated heterocycles. The molecule has 130 valence electrons. The summed E-state index contributed by atoms with van der Waals surface area (Å²) < 4.78 is 0. The number of amides is 1. The van der Waals surface area contributed by atoms with E-state index in [0.717, 1.165) is 37.1 Å². The van der Waals surface area contributed by atoms with Gasteiger partial charge in [0.15, 0.2) is 0 Å². The van der Waals surface area contributed by atoms with Gasteiger partial charge in [-0.3, -0.25) is 9.59 Å². The lowest BCUT2D eigenvalue weighted by atomic mass is 9.79. The Balaban J connectivity index is 1.84. The van der Waals surface area contributed by atoms with Crippen LogP contribution >= 0.6 is 0 Å². The molecule has 0 aliphatic carbocycles. The maximum Gasteiger partial charge on any atom is 0.308 e. The average molecular weight is 330 g/mol. The second-order valence-corrected chi connectivity index (χ2v) is 7.43. The van der Waals surface area contributed by atoms with Gasteiger partial charge in [0.1, 0.15) is 0 Å². The lowest BCUT2D eigenvalue weighted by Crippen LogP contribution is -2.47. The van der Waals surface area contributed by atoms with E-state index in [9.17, 15) is 14.7 Å². The van der Waals surface area contributed by atoms with Crippen LogP contribution in [0.25, 0.3) is 0 Å². The highest BCUT2D eigenvalue weighted by Crippen LogP contribution is 2.38. The van der Waals surface area contributed by atoms with E-state index in [4.69, 9.17) is 0 Å². The van der Waals surface area contributed by atoms with Crippen molar-refractivity contribution in [3.05, 3.63) is 35.4 Å². The van der Waals surface area contributed by atoms with Crippen LogP contribution in [0.2, 0.25) is 0 Å². The van der Waals surface area contributed by atoms with Crippen molar-refractivity contribution in [1.82, 2.24) is 10.2 Å². The summed E-state index contributed by atoms with van der Waals surface area (Å²) in [4.78, 5) is 26.6. The number of aliphatic carboxylic acids is 1. The molecule has 24 heavy (non-hydrogen) atoms. The average Bonchev–Trinajstić information content (AvgIpc) is 3.00. The number of carbonyl (C=O) groups excluding carboxylic acids is 1. The summed E-state index contributed by atoms with van der Waals surface area (Å²) in [7, 11) is 0. The van der Waals surface area contributed by atoms with Gasteiger partial charge >= 0.3 is 5.97 Å². The fourth-order valence-corrected chi connectivity index (χ4v) is 4.11. The molecule has 3 rings (SSSR count). The van der Waals surface area contributed by atoms with Crippen molar-refractivity contribution in [2.24, 2.45) is 11.3 Å². The van der Waals surface area contributed by atoms with Gasteiger partial charge in [-0.05, 0) is 44.0 Å². The molecule has 0 saturated carbocycles. The topological polar surface area (TPSA) is 69.6 Å². The molecule has 1 aromatic rings. The lowest BCUT2D eigenvalue weighted by Gasteiger charge is -2.36. The smallest absolute Gasteiger partial charge is 0.308 e. The van der Waals surface area contributed by atoms with E-state index < -0.39 is 11.9 Å². The normalized spacial score (nSPS) is 26.3. The molecule has 0 radical (unpaired) electrons. The Morgan fingerprint density at radius 2 is 1.88 bits per heavy atom. The van der Waals surface area contributed by atoms with E-state index in [-0.39, 0.29) is 17.2 Å². The van der Waals surface area contributed by atoms with Gasteiger partial charge in [-0.15, -0.1) is 0 Å². The Morgan fingerprint density at radius 3 is 2.50 bits per heavy atom. The third kappa shape index (κ3) is 3.05. The van der Waals surface area contributed by atoms with Crippen molar-refractivity contribution in [1.29, 1.82) is 0 Å². The first-order valence-electron chi connectivity index (χ1n) is 8.71. The number of nitrogens with zero attached hydrogens (tertiary/aromatic N) is 1. The van der Waals surface area contributed by atoms with Crippen molar-refractivity contribution in [2.75, 3.05) is 26.2 Å². The fourth-order valence-electron chi connectivity index (χ4n) is 4.11. The van der Waals surface area contributed by atoms with Gasteiger partial charge in [0.05, 0.1) is 5.92 Å². The minimum atomic E-state index is -0.811. The van der Waals surface area contributed by atoms with Crippen LogP contribution in [0.5, 0.6) is 0 Å². The van der Waals surface area contributed by atoms with Crippen LogP contribution in [0, 0.1) is 18.3 Å². The zero-order chi connectivity index (χ0) is 17.3. The Labute approximate surface area is 143 Å². The second-order valence-electron chi connectivity index (χ2n) is 7.43. The van der Waals surface area contributed by atoms with Crippen molar-refractivity contribution < 1.29 is 14.7 Å². The first-order chi connectivity index (χ1) is 11.4. The van der Waals surface area contributed by atoms with E-state index >= 15 is 0 Å². The summed E-state index contributed by atoms with van der Waals surface area (Å²) in [6.07, 6.45) is 1.63. The van der Waals surface area contributed by atoms with Crippen LogP contribution in [0.4, 0.5) is 0 Å². The number of rotatable bonds is 3. The highest BCUT2D eigenvalue weighted by molar-refractivity contribution is 5.84. The van der Waals surface area contributed by atoms with E-state index in [1.54, 1.807) is 4.90 Å². The third-order valence-electron chi connectivity index (χ3n) is 5.74. The molecule has 1 amide bonds. The number of benzene rings is 1. The number of likely N-dealkylation sites (tertiary alicyclic amines) is 1. The van der Waals surface area contributed by atoms with E-state index in [0.29, 0.717) is 13.1 Å². The summed E-state index contributed by atoms with van der Waals surface area (Å²) in [6, 6.07) is 7.91. The molecule has 5 nitrogen and oxygen atoms in total. The molecular formula is C19H26N2O3. The van der Waals surface area contributed by atoms with Gasteiger partial charge in [-0.1, -0.05) is 31.2 Å². The van der Waals surface area contributed by atoms with Gasteiger partial charge in [0.25, 0.3) is 0 Å². The number of hydrogen-bond donors (Lipinski definition) is 2. The number of hydrogen-bond acceptors (Lipinski definition) is 3. The Kier molecular flexibility index (Phi) is 4.63. The second kappa shape index (κ2) is 6.55. The maximum atomic E-state index is 13.1. The van der Waals surface area contributed by atoms with Gasteiger partial charge in [-0.2, -0.15) is 0 Å². The zero-order valence-corrected chi connectivity index (χ0v) is 14.4. The number of carboxylic acid groups (broad SMARTS) is 1. The number of carboxylic acids is 1. The van der Waals surface area contributed by atoms with E-state index in [1.165, 1.54) is 0 Å². The highest BCUT2D eigenvalue weighted by Gasteiger charge is 2.45. The summed E-state index contributed by atoms with van der Waals surface area (Å²) in [5.41, 5.74) is 1.78. The van der Waals surface area contributed by atoms with E-state index in [1.807, 2.05) is 38.1 Å². The molecule has 0 spiro atoms. The molecule has 5 heteroatoms. The van der Waals surface area contributed by atoms with Crippen LogP contribution in [0.15, 0.2) is 24.3 Å². The summed E-state index contributed by atoms with van der Waals surface area (Å²) in [5.74, 6) is -1.35. The van der Waals surface area contributed by atoms with Gasteiger partial charge in [0.2, 0.25) is 5.91 Å². The Morgan fingerprint density at radius 1 is 1.21 bits per heavy atom. The third-order valence-corrected chi connectivity index (χ3v) is 5.74. The molecular weight excluding hydrogens is 304 g/mol. The highest BCUT2D eigenvalue weighted by atomic mass is 16.4. The van der Waals surface area contributed by atoms with Crippen LogP contribution in [0.3, 0.4) is 0 Å². The summed E-state index contributed by atoms with van der Waals surface area (Å²) in [6.45, 7) is 6.54. The Hall–Kier alpha value is -1.88. The lowest BCUT2D eigenvalue weighted by molar-refractivity contribution is -0.143. The number of aryl methyl sites for hydroxylation is 1. The van der Waals surface area contributed by atoms with Crippen molar-refractivity contribution >= 4 is 11.9 Å². The van der Waals surface area contributed by atoms with Crippen molar-refractivity contribution in [3.63, 3.8) is 0 Å². The van der Waals surface area contributed by atoms with Crippen LogP contribution in [0.1, 0.15) is 36.8 Å². The van der Waals surface area contributed by atoms with Crippen LogP contribution < -0.4 is 5.32 Å². The first kappa shape index (κ1) is 17.0. The number of carbonyl (C=O) groups is 2. The van der Waals surface area contributed by atoms with Crippen LogP contribution in [-0.4, -0.2) is 48.1 Å². The predicted octanol–water partition coefficient (Wildman–Crippen LogP) is 2.01. The fraction of sp³-hybridized carbons (Fsp3) is 0.579. The van der Waals surface area contributed by atoms with Crippen molar-refractivity contribution in [3.8, 4) is 0 Å². The van der Waals surface area contributed by atoms with Crippen molar-refractivity contribution in [2.45, 2.75) is 32.6 Å². The zero-order valence-electron chi connectivity index (χ0n) is 14.4. The molecule has 2 unspecified atom stereocenters. The molecule has 1 aromatic carbocycles. The molecule has 2 N–H and O–H groups in total. The molecule has 0 bridgehead atoms. The molecule has 0 aromatic heterocycles. The van der Waals surface area contributed by atoms with E-state index in [2.05, 4.69) is 5.32 Å². The SMILES string of the molecule is Cc1ccccc1C1CN(C(=O)C2(C)CCNCC2)CC1C(=O)O. The quantitative estimate of drug-likeness (QED) is 0.889. The number of nitrogens with one attached hydrogen (secondary N) is 1.